The minimum Gasteiger partial charge on any atom is -0.272 e. The number of nitro groups is 3. The third-order valence-electron chi connectivity index (χ3n) is 3.57. The average molecular weight is 430 g/mol. The van der Waals surface area contributed by atoms with Gasteiger partial charge in [0.2, 0.25) is 0 Å². The topological polar surface area (TPSA) is 195 Å². The summed E-state index contributed by atoms with van der Waals surface area (Å²) in [7, 11) is 0. The summed E-state index contributed by atoms with van der Waals surface area (Å²) in [5.74, 6) is 0. The number of anilines is 1. The second kappa shape index (κ2) is 8.74. The van der Waals surface area contributed by atoms with Crippen molar-refractivity contribution in [3.63, 3.8) is 0 Å². The van der Waals surface area contributed by atoms with E-state index in [0.29, 0.717) is 15.6 Å². The summed E-state index contributed by atoms with van der Waals surface area (Å²) in [6.45, 7) is 0. The smallest absolute Gasteiger partial charge is 0.272 e. The predicted octanol–water partition coefficient (Wildman–Crippen LogP) is 3.13. The first-order chi connectivity index (χ1) is 14.3. The fraction of sp³-hybridized carbons (Fsp3) is 0. The standard InChI is InChI=1S/C15H10N8O6S/c24-21(25)10-2-3-11(12(6-10)22(26)27)19-17-7-9-1-4-14(13(5-9)23(28)29)30-15-16-8-18-20-15/h1-8,19H,(H,16,18,20)/b17-7-. The minimum absolute atomic E-state index is 0.0751. The van der Waals surface area contributed by atoms with Crippen molar-refractivity contribution in [2.45, 2.75) is 10.1 Å². The van der Waals surface area contributed by atoms with Gasteiger partial charge < -0.3 is 0 Å². The van der Waals surface area contributed by atoms with Gasteiger partial charge >= 0.3 is 5.69 Å². The van der Waals surface area contributed by atoms with Crippen LogP contribution in [0.15, 0.2) is 57.9 Å². The van der Waals surface area contributed by atoms with Gasteiger partial charge in [-0.3, -0.25) is 40.9 Å². The van der Waals surface area contributed by atoms with Crippen LogP contribution in [0.5, 0.6) is 0 Å². The molecule has 14 nitrogen and oxygen atoms in total. The quantitative estimate of drug-likeness (QED) is 0.304. The zero-order valence-corrected chi connectivity index (χ0v) is 15.5. The van der Waals surface area contributed by atoms with Gasteiger partial charge in [-0.1, -0.05) is 6.07 Å². The van der Waals surface area contributed by atoms with Gasteiger partial charge in [0.1, 0.15) is 12.0 Å². The number of hydrogen-bond acceptors (Lipinski definition) is 11. The lowest BCUT2D eigenvalue weighted by molar-refractivity contribution is -0.393. The van der Waals surface area contributed by atoms with E-state index < -0.39 is 26.1 Å². The van der Waals surface area contributed by atoms with E-state index in [1.54, 1.807) is 6.07 Å². The summed E-state index contributed by atoms with van der Waals surface area (Å²) in [4.78, 5) is 35.4. The Morgan fingerprint density at radius 3 is 2.40 bits per heavy atom. The van der Waals surface area contributed by atoms with Gasteiger partial charge in [0.15, 0.2) is 5.16 Å². The highest BCUT2D eigenvalue weighted by molar-refractivity contribution is 7.99. The Bertz CT molecular complexity index is 1150. The highest BCUT2D eigenvalue weighted by atomic mass is 32.2. The highest BCUT2D eigenvalue weighted by Crippen LogP contribution is 2.33. The maximum Gasteiger partial charge on any atom is 0.301 e. The molecule has 3 aromatic rings. The van der Waals surface area contributed by atoms with E-state index in [-0.39, 0.29) is 11.4 Å². The molecule has 0 spiro atoms. The Kier molecular flexibility index (Phi) is 5.92. The van der Waals surface area contributed by atoms with E-state index in [1.807, 2.05) is 0 Å². The van der Waals surface area contributed by atoms with Gasteiger partial charge in [-0.15, -0.1) is 0 Å². The van der Waals surface area contributed by atoms with Crippen LogP contribution in [-0.2, 0) is 0 Å². The summed E-state index contributed by atoms with van der Waals surface area (Å²) >= 11 is 1.03. The summed E-state index contributed by atoms with van der Waals surface area (Å²) < 4.78 is 0. The van der Waals surface area contributed by atoms with Gasteiger partial charge in [-0.2, -0.15) is 10.2 Å². The van der Waals surface area contributed by atoms with Crippen molar-refractivity contribution >= 4 is 40.7 Å². The first kappa shape index (κ1) is 20.3. The van der Waals surface area contributed by atoms with Crippen molar-refractivity contribution in [3.8, 4) is 0 Å². The molecular weight excluding hydrogens is 420 g/mol. The summed E-state index contributed by atoms with van der Waals surface area (Å²) in [6.07, 6.45) is 2.50. The molecule has 0 atom stereocenters. The Morgan fingerprint density at radius 1 is 1.00 bits per heavy atom. The molecule has 0 aliphatic rings. The molecule has 2 aromatic carbocycles. The number of hydrogen-bond donors (Lipinski definition) is 2. The highest BCUT2D eigenvalue weighted by Gasteiger charge is 2.19. The van der Waals surface area contributed by atoms with Crippen molar-refractivity contribution < 1.29 is 14.8 Å². The Labute approximate surface area is 170 Å². The van der Waals surface area contributed by atoms with E-state index in [2.05, 4.69) is 25.7 Å². The molecule has 0 unspecified atom stereocenters. The lowest BCUT2D eigenvalue weighted by atomic mass is 10.2. The van der Waals surface area contributed by atoms with Crippen molar-refractivity contribution in [2.24, 2.45) is 5.10 Å². The number of aromatic amines is 1. The SMILES string of the molecule is O=[N+]([O-])c1ccc(N/N=C\c2ccc(Sc3ncn[nH]3)c([N+](=O)[O-])c2)c([N+](=O)[O-])c1. The molecule has 0 fully saturated rings. The Hall–Kier alpha value is -4.40. The van der Waals surface area contributed by atoms with Gasteiger partial charge in [0.25, 0.3) is 11.4 Å². The average Bonchev–Trinajstić information content (AvgIpc) is 3.21. The summed E-state index contributed by atoms with van der Waals surface area (Å²) in [6, 6.07) is 7.37. The monoisotopic (exact) mass is 430 g/mol. The van der Waals surface area contributed by atoms with Crippen LogP contribution in [0.4, 0.5) is 22.7 Å². The number of nitro benzene ring substituents is 3. The molecule has 0 aliphatic heterocycles. The van der Waals surface area contributed by atoms with Crippen molar-refractivity contribution in [3.05, 3.63) is 78.6 Å². The summed E-state index contributed by atoms with van der Waals surface area (Å²) in [5, 5.41) is 43.7. The maximum absolute atomic E-state index is 11.4. The third-order valence-corrected chi connectivity index (χ3v) is 4.52. The minimum atomic E-state index is -0.787. The number of hydrazone groups is 1. The van der Waals surface area contributed by atoms with E-state index in [4.69, 9.17) is 0 Å². The second-order valence-electron chi connectivity index (χ2n) is 5.46. The largest absolute Gasteiger partial charge is 0.301 e. The van der Waals surface area contributed by atoms with E-state index in [0.717, 1.165) is 30.0 Å². The molecule has 30 heavy (non-hydrogen) atoms. The molecule has 15 heteroatoms. The maximum atomic E-state index is 11.4. The second-order valence-corrected chi connectivity index (χ2v) is 6.49. The fourth-order valence-electron chi connectivity index (χ4n) is 2.25. The number of rotatable bonds is 8. The van der Waals surface area contributed by atoms with Crippen molar-refractivity contribution in [2.75, 3.05) is 5.43 Å². The number of nitrogens with zero attached hydrogens (tertiary/aromatic N) is 6. The zero-order valence-electron chi connectivity index (χ0n) is 14.7. The van der Waals surface area contributed by atoms with Crippen LogP contribution in [0, 0.1) is 30.3 Å². The molecule has 1 heterocycles. The molecule has 2 N–H and O–H groups in total. The van der Waals surface area contributed by atoms with Gasteiger partial charge in [0, 0.05) is 17.7 Å². The van der Waals surface area contributed by atoms with Crippen molar-refractivity contribution in [1.29, 1.82) is 0 Å². The molecule has 0 bridgehead atoms. The van der Waals surface area contributed by atoms with Crippen LogP contribution in [0.25, 0.3) is 0 Å². The Balaban J connectivity index is 1.81. The molecule has 0 saturated carbocycles. The number of nitrogens with one attached hydrogen (secondary N) is 2. The molecule has 0 saturated heterocycles. The van der Waals surface area contributed by atoms with Crippen LogP contribution in [0.1, 0.15) is 5.56 Å². The molecule has 1 aromatic heterocycles. The number of H-pyrrole nitrogens is 1. The first-order valence-corrected chi connectivity index (χ1v) is 8.70. The molecule has 0 aliphatic carbocycles. The van der Waals surface area contributed by atoms with Gasteiger partial charge in [0.05, 0.1) is 31.9 Å². The summed E-state index contributed by atoms with van der Waals surface area (Å²) in [5.41, 5.74) is 1.52. The Morgan fingerprint density at radius 2 is 1.77 bits per heavy atom. The first-order valence-electron chi connectivity index (χ1n) is 7.88. The molecule has 0 amide bonds. The van der Waals surface area contributed by atoms with E-state index >= 15 is 0 Å². The molecule has 0 radical (unpaired) electrons. The van der Waals surface area contributed by atoms with Crippen molar-refractivity contribution in [1.82, 2.24) is 15.2 Å². The lowest BCUT2D eigenvalue weighted by Crippen LogP contribution is -1.99. The van der Waals surface area contributed by atoms with Crippen LogP contribution in [0.3, 0.4) is 0 Å². The third kappa shape index (κ3) is 4.71. The number of aromatic nitrogens is 3. The molecule has 152 valence electrons. The molecular formula is C15H10N8O6S. The lowest BCUT2D eigenvalue weighted by Gasteiger charge is -2.03. The van der Waals surface area contributed by atoms with Crippen LogP contribution >= 0.6 is 11.8 Å². The fourth-order valence-corrected chi connectivity index (χ4v) is 3.03. The van der Waals surface area contributed by atoms with Gasteiger partial charge in [-0.25, -0.2) is 4.98 Å². The number of non-ortho nitro benzene ring substituents is 1. The van der Waals surface area contributed by atoms with Crippen LogP contribution in [0.2, 0.25) is 0 Å². The molecule has 3 rings (SSSR count). The van der Waals surface area contributed by atoms with E-state index in [1.165, 1.54) is 24.7 Å². The zero-order chi connectivity index (χ0) is 21.7. The van der Waals surface area contributed by atoms with Crippen LogP contribution in [-0.4, -0.2) is 36.2 Å². The van der Waals surface area contributed by atoms with Crippen LogP contribution < -0.4 is 5.43 Å². The predicted molar refractivity (Wildman–Crippen MR) is 105 cm³/mol. The number of benzene rings is 2. The van der Waals surface area contributed by atoms with Gasteiger partial charge in [-0.05, 0) is 23.9 Å². The van der Waals surface area contributed by atoms with E-state index in [9.17, 15) is 30.3 Å². The normalized spacial score (nSPS) is 10.8.